The van der Waals surface area contributed by atoms with E-state index in [4.69, 9.17) is 15.2 Å². The molecule has 0 bridgehead atoms. The van der Waals surface area contributed by atoms with Gasteiger partial charge in [0, 0.05) is 25.7 Å². The van der Waals surface area contributed by atoms with Crippen LogP contribution in [0.3, 0.4) is 0 Å². The monoisotopic (exact) mass is 277 g/mol. The van der Waals surface area contributed by atoms with Crippen LogP contribution in [0.5, 0.6) is 0 Å². The van der Waals surface area contributed by atoms with Crippen molar-refractivity contribution in [1.82, 2.24) is 0 Å². The topological polar surface area (TPSA) is 78.6 Å². The maximum atomic E-state index is 12.3. The van der Waals surface area contributed by atoms with E-state index < -0.39 is 9.84 Å². The summed E-state index contributed by atoms with van der Waals surface area (Å²) in [5, 5.41) is -0.314. The standard InChI is InChI=1S/C12H23NO4S/c1-2-10(13)8-18(14,15)11-3-5-17-12(7-11)4-6-16-9-12/h10-11H,2-9,13H2,1H3. The lowest BCUT2D eigenvalue weighted by Gasteiger charge is -2.37. The van der Waals surface area contributed by atoms with E-state index in [1.54, 1.807) is 0 Å². The van der Waals surface area contributed by atoms with Crippen molar-refractivity contribution in [1.29, 1.82) is 0 Å². The molecule has 2 aliphatic heterocycles. The van der Waals surface area contributed by atoms with Crippen LogP contribution in [0.25, 0.3) is 0 Å². The number of ether oxygens (including phenoxy) is 2. The fourth-order valence-electron chi connectivity index (χ4n) is 2.70. The van der Waals surface area contributed by atoms with Crippen LogP contribution in [0.1, 0.15) is 32.6 Å². The van der Waals surface area contributed by atoms with Crippen LogP contribution >= 0.6 is 0 Å². The third-order valence-corrected chi connectivity index (χ3v) is 6.30. The summed E-state index contributed by atoms with van der Waals surface area (Å²) in [5.41, 5.74) is 5.42. The van der Waals surface area contributed by atoms with E-state index in [9.17, 15) is 8.42 Å². The quantitative estimate of drug-likeness (QED) is 0.808. The molecular formula is C12H23NO4S. The van der Waals surface area contributed by atoms with E-state index in [1.165, 1.54) is 0 Å². The Balaban J connectivity index is 2.04. The minimum absolute atomic E-state index is 0.0884. The second-order valence-corrected chi connectivity index (χ2v) is 7.77. The van der Waals surface area contributed by atoms with Crippen molar-refractivity contribution in [2.75, 3.05) is 25.6 Å². The number of sulfone groups is 1. The molecule has 106 valence electrons. The molecule has 2 heterocycles. The van der Waals surface area contributed by atoms with Crippen molar-refractivity contribution >= 4 is 9.84 Å². The summed E-state index contributed by atoms with van der Waals surface area (Å²) in [6.45, 7) is 3.62. The van der Waals surface area contributed by atoms with Crippen LogP contribution in [0.4, 0.5) is 0 Å². The van der Waals surface area contributed by atoms with Crippen molar-refractivity contribution in [3.63, 3.8) is 0 Å². The highest BCUT2D eigenvalue weighted by Crippen LogP contribution is 2.35. The molecule has 18 heavy (non-hydrogen) atoms. The van der Waals surface area contributed by atoms with Gasteiger partial charge in [-0.3, -0.25) is 0 Å². The Kier molecular flexibility index (Phi) is 4.31. The summed E-state index contributed by atoms with van der Waals surface area (Å²) in [6.07, 6.45) is 2.64. The second kappa shape index (κ2) is 5.45. The molecule has 0 aromatic rings. The maximum Gasteiger partial charge on any atom is 0.154 e. The Bertz CT molecular complexity index is 376. The van der Waals surface area contributed by atoms with E-state index in [0.717, 1.165) is 6.42 Å². The Labute approximate surface area is 109 Å². The molecule has 2 saturated heterocycles. The zero-order valence-electron chi connectivity index (χ0n) is 10.9. The summed E-state index contributed by atoms with van der Waals surface area (Å²) >= 11 is 0. The molecule has 0 aromatic carbocycles. The molecule has 0 aliphatic carbocycles. The van der Waals surface area contributed by atoms with Gasteiger partial charge in [-0.2, -0.15) is 0 Å². The van der Waals surface area contributed by atoms with Crippen molar-refractivity contribution in [3.8, 4) is 0 Å². The molecule has 6 heteroatoms. The van der Waals surface area contributed by atoms with Crippen molar-refractivity contribution in [3.05, 3.63) is 0 Å². The number of rotatable bonds is 4. The van der Waals surface area contributed by atoms with Crippen LogP contribution in [-0.2, 0) is 19.3 Å². The fraction of sp³-hybridized carbons (Fsp3) is 1.00. The predicted molar refractivity (Wildman–Crippen MR) is 69.2 cm³/mol. The summed E-state index contributed by atoms with van der Waals surface area (Å²) in [7, 11) is -3.12. The lowest BCUT2D eigenvalue weighted by Crippen LogP contribution is -2.47. The smallest absolute Gasteiger partial charge is 0.154 e. The fourth-order valence-corrected chi connectivity index (χ4v) is 4.82. The van der Waals surface area contributed by atoms with Crippen LogP contribution in [0.15, 0.2) is 0 Å². The van der Waals surface area contributed by atoms with Gasteiger partial charge in [0.05, 0.1) is 23.2 Å². The van der Waals surface area contributed by atoms with E-state index in [-0.39, 0.29) is 22.6 Å². The van der Waals surface area contributed by atoms with Crippen molar-refractivity contribution in [2.45, 2.75) is 49.5 Å². The zero-order valence-corrected chi connectivity index (χ0v) is 11.7. The van der Waals surface area contributed by atoms with E-state index in [1.807, 2.05) is 6.92 Å². The molecule has 2 aliphatic rings. The third kappa shape index (κ3) is 3.04. The highest BCUT2D eigenvalue weighted by Gasteiger charge is 2.44. The average Bonchev–Trinajstić information content (AvgIpc) is 2.76. The Morgan fingerprint density at radius 1 is 1.44 bits per heavy atom. The van der Waals surface area contributed by atoms with Gasteiger partial charge in [0.15, 0.2) is 9.84 Å². The van der Waals surface area contributed by atoms with Gasteiger partial charge in [-0.25, -0.2) is 8.42 Å². The highest BCUT2D eigenvalue weighted by molar-refractivity contribution is 7.92. The first-order valence-electron chi connectivity index (χ1n) is 6.66. The van der Waals surface area contributed by atoms with Crippen molar-refractivity contribution in [2.24, 2.45) is 5.73 Å². The molecule has 2 N–H and O–H groups in total. The Morgan fingerprint density at radius 3 is 2.83 bits per heavy atom. The molecule has 0 saturated carbocycles. The molecule has 2 rings (SSSR count). The minimum atomic E-state index is -3.12. The van der Waals surface area contributed by atoms with Crippen LogP contribution in [0, 0.1) is 0 Å². The minimum Gasteiger partial charge on any atom is -0.378 e. The zero-order chi connectivity index (χ0) is 13.2. The van der Waals surface area contributed by atoms with Crippen LogP contribution in [-0.4, -0.2) is 50.9 Å². The van der Waals surface area contributed by atoms with Gasteiger partial charge in [-0.05, 0) is 19.3 Å². The highest BCUT2D eigenvalue weighted by atomic mass is 32.2. The summed E-state index contributed by atoms with van der Waals surface area (Å²) in [6, 6.07) is -0.256. The van der Waals surface area contributed by atoms with E-state index >= 15 is 0 Å². The SMILES string of the molecule is CCC(N)CS(=O)(=O)C1CCOC2(CCOC2)C1. The summed E-state index contributed by atoms with van der Waals surface area (Å²) in [4.78, 5) is 0. The third-order valence-electron chi connectivity index (χ3n) is 3.99. The van der Waals surface area contributed by atoms with E-state index in [0.29, 0.717) is 39.1 Å². The first-order valence-corrected chi connectivity index (χ1v) is 8.38. The molecule has 3 unspecified atom stereocenters. The van der Waals surface area contributed by atoms with Gasteiger partial charge in [0.1, 0.15) is 0 Å². The lowest BCUT2D eigenvalue weighted by atomic mass is 9.93. The number of nitrogens with two attached hydrogens (primary N) is 1. The summed E-state index contributed by atoms with van der Waals surface area (Å²) < 4.78 is 35.8. The van der Waals surface area contributed by atoms with Crippen molar-refractivity contribution < 1.29 is 17.9 Å². The molecule has 3 atom stereocenters. The molecule has 5 nitrogen and oxygen atoms in total. The normalized spacial score (nSPS) is 34.9. The number of hydrogen-bond donors (Lipinski definition) is 1. The molecule has 0 radical (unpaired) electrons. The molecular weight excluding hydrogens is 254 g/mol. The Hall–Kier alpha value is -0.170. The Morgan fingerprint density at radius 2 is 2.22 bits per heavy atom. The van der Waals surface area contributed by atoms with Crippen LogP contribution < -0.4 is 5.73 Å². The second-order valence-electron chi connectivity index (χ2n) is 5.45. The van der Waals surface area contributed by atoms with Gasteiger partial charge >= 0.3 is 0 Å². The van der Waals surface area contributed by atoms with Gasteiger partial charge in [0.25, 0.3) is 0 Å². The summed E-state index contributed by atoms with van der Waals surface area (Å²) in [5.74, 6) is 0.0884. The molecule has 2 fully saturated rings. The van der Waals surface area contributed by atoms with Gasteiger partial charge in [-0.15, -0.1) is 0 Å². The van der Waals surface area contributed by atoms with Gasteiger partial charge < -0.3 is 15.2 Å². The predicted octanol–water partition coefficient (Wildman–Crippen LogP) is 0.477. The number of hydrogen-bond acceptors (Lipinski definition) is 5. The van der Waals surface area contributed by atoms with Crippen LogP contribution in [0.2, 0.25) is 0 Å². The first-order chi connectivity index (χ1) is 8.47. The maximum absolute atomic E-state index is 12.3. The largest absolute Gasteiger partial charge is 0.378 e. The van der Waals surface area contributed by atoms with E-state index in [2.05, 4.69) is 0 Å². The average molecular weight is 277 g/mol. The first kappa shape index (κ1) is 14.2. The molecule has 0 amide bonds. The molecule has 0 aromatic heterocycles. The lowest BCUT2D eigenvalue weighted by molar-refractivity contribution is -0.0778. The van der Waals surface area contributed by atoms with Gasteiger partial charge in [-0.1, -0.05) is 6.92 Å². The molecule has 1 spiro atoms. The van der Waals surface area contributed by atoms with Gasteiger partial charge in [0.2, 0.25) is 0 Å².